The van der Waals surface area contributed by atoms with Gasteiger partial charge in [-0.15, -0.1) is 0 Å². The van der Waals surface area contributed by atoms with Crippen LogP contribution in [0.1, 0.15) is 30.5 Å². The Hall–Kier alpha value is -2.30. The Morgan fingerprint density at radius 2 is 1.96 bits per heavy atom. The van der Waals surface area contributed by atoms with E-state index in [9.17, 15) is 0 Å². The van der Waals surface area contributed by atoms with Gasteiger partial charge in [0, 0.05) is 24.2 Å². The molecule has 1 saturated heterocycles. The Morgan fingerprint density at radius 3 is 2.65 bits per heavy atom. The van der Waals surface area contributed by atoms with Gasteiger partial charge in [-0.1, -0.05) is 44.2 Å². The summed E-state index contributed by atoms with van der Waals surface area (Å²) < 4.78 is 11.6. The van der Waals surface area contributed by atoms with Gasteiger partial charge in [0.05, 0.1) is 13.7 Å². The highest BCUT2D eigenvalue weighted by Crippen LogP contribution is 2.55. The number of ether oxygens (including phenoxy) is 2. The van der Waals surface area contributed by atoms with Crippen LogP contribution in [0.3, 0.4) is 0 Å². The quantitative estimate of drug-likeness (QED) is 0.913. The third-order valence-electron chi connectivity index (χ3n) is 5.81. The molecule has 0 amide bonds. The Bertz CT molecular complexity index is 842. The number of benzene rings is 2. The summed E-state index contributed by atoms with van der Waals surface area (Å²) in [7, 11) is 1.68. The van der Waals surface area contributed by atoms with E-state index in [2.05, 4.69) is 61.2 Å². The maximum absolute atomic E-state index is 6.39. The Labute approximate surface area is 155 Å². The molecule has 136 valence electrons. The van der Waals surface area contributed by atoms with Crippen LogP contribution in [-0.2, 0) is 16.7 Å². The first kappa shape index (κ1) is 17.1. The predicted octanol–water partition coefficient (Wildman–Crippen LogP) is 3.69. The molecule has 2 N–H and O–H groups in total. The van der Waals surface area contributed by atoms with Crippen molar-refractivity contribution in [1.29, 1.82) is 0 Å². The molecule has 0 spiro atoms. The van der Waals surface area contributed by atoms with Crippen LogP contribution in [0.15, 0.2) is 48.5 Å². The second-order valence-corrected chi connectivity index (χ2v) is 7.48. The van der Waals surface area contributed by atoms with E-state index >= 15 is 0 Å². The lowest BCUT2D eigenvalue weighted by molar-refractivity contribution is 0.000325. The topological polar surface area (TPSA) is 47.7 Å². The highest BCUT2D eigenvalue weighted by Gasteiger charge is 2.59. The van der Waals surface area contributed by atoms with E-state index < -0.39 is 5.72 Å². The van der Waals surface area contributed by atoms with Crippen molar-refractivity contribution >= 4 is 11.8 Å². The van der Waals surface area contributed by atoms with Crippen LogP contribution in [0.2, 0.25) is 0 Å². The fourth-order valence-electron chi connectivity index (χ4n) is 4.26. The van der Waals surface area contributed by atoms with E-state index in [-0.39, 0.29) is 5.41 Å². The van der Waals surface area contributed by atoms with Crippen molar-refractivity contribution in [3.8, 4) is 5.75 Å². The van der Waals surface area contributed by atoms with E-state index in [0.717, 1.165) is 30.0 Å². The minimum absolute atomic E-state index is 0.174. The predicted molar refractivity (Wildman–Crippen MR) is 105 cm³/mol. The van der Waals surface area contributed by atoms with E-state index in [0.29, 0.717) is 6.54 Å². The van der Waals surface area contributed by atoms with Crippen LogP contribution in [0, 0.1) is 0 Å². The van der Waals surface area contributed by atoms with Crippen molar-refractivity contribution < 1.29 is 9.47 Å². The molecule has 0 bridgehead atoms. The van der Waals surface area contributed by atoms with Crippen molar-refractivity contribution in [2.24, 2.45) is 5.73 Å². The fourth-order valence-corrected chi connectivity index (χ4v) is 4.26. The summed E-state index contributed by atoms with van der Waals surface area (Å²) in [5, 5.41) is 0. The number of anilines is 1. The van der Waals surface area contributed by atoms with Crippen molar-refractivity contribution in [3.63, 3.8) is 0 Å². The van der Waals surface area contributed by atoms with Crippen molar-refractivity contribution in [2.75, 3.05) is 25.2 Å². The number of hydrogen-bond acceptors (Lipinski definition) is 4. The molecule has 0 aromatic heterocycles. The van der Waals surface area contributed by atoms with Gasteiger partial charge in [0.1, 0.15) is 5.75 Å². The molecular formula is C22H26N2O2. The van der Waals surface area contributed by atoms with Crippen LogP contribution in [0.25, 0.3) is 6.08 Å². The smallest absolute Gasteiger partial charge is 0.170 e. The number of fused-ring (bicyclic) bond motifs is 3. The molecule has 0 radical (unpaired) electrons. The number of methoxy groups -OCH3 is 1. The highest BCUT2D eigenvalue weighted by atomic mass is 16.5. The molecule has 1 unspecified atom stereocenters. The molecule has 2 aromatic rings. The summed E-state index contributed by atoms with van der Waals surface area (Å²) in [5.41, 5.74) is 10.1. The molecule has 26 heavy (non-hydrogen) atoms. The maximum atomic E-state index is 6.39. The van der Waals surface area contributed by atoms with Crippen molar-refractivity contribution in [2.45, 2.75) is 31.5 Å². The molecule has 4 heteroatoms. The van der Waals surface area contributed by atoms with E-state index in [1.807, 2.05) is 12.1 Å². The van der Waals surface area contributed by atoms with Gasteiger partial charge in [-0.25, -0.2) is 0 Å². The standard InChI is InChI=1S/C22H26N2O2/c1-21(2)19-14-17(15-23)6-9-20(19)24-12-13-26-22(21,24)11-10-16-4-7-18(25-3)8-5-16/h4-11,14H,12-13,15,23H2,1-3H3/b11-10+. The largest absolute Gasteiger partial charge is 0.497 e. The van der Waals surface area contributed by atoms with Crippen LogP contribution in [-0.4, -0.2) is 26.0 Å². The summed E-state index contributed by atoms with van der Waals surface area (Å²) in [6.45, 7) is 6.70. The molecule has 2 aromatic carbocycles. The van der Waals surface area contributed by atoms with Gasteiger partial charge >= 0.3 is 0 Å². The average molecular weight is 350 g/mol. The second-order valence-electron chi connectivity index (χ2n) is 7.48. The van der Waals surface area contributed by atoms with Gasteiger partial charge in [-0.05, 0) is 41.0 Å². The number of rotatable bonds is 4. The number of nitrogens with zero attached hydrogens (tertiary/aromatic N) is 1. The van der Waals surface area contributed by atoms with Gasteiger partial charge in [-0.2, -0.15) is 0 Å². The Kier molecular flexibility index (Phi) is 4.05. The third kappa shape index (κ3) is 2.37. The molecular weight excluding hydrogens is 324 g/mol. The fraction of sp³-hybridized carbons (Fsp3) is 0.364. The van der Waals surface area contributed by atoms with Gasteiger partial charge in [-0.3, -0.25) is 0 Å². The van der Waals surface area contributed by atoms with Crippen LogP contribution in [0.5, 0.6) is 5.75 Å². The zero-order valence-corrected chi connectivity index (χ0v) is 15.7. The third-order valence-corrected chi connectivity index (χ3v) is 5.81. The molecule has 0 saturated carbocycles. The molecule has 1 fully saturated rings. The summed E-state index contributed by atoms with van der Waals surface area (Å²) in [5.74, 6) is 0.863. The van der Waals surface area contributed by atoms with Gasteiger partial charge in [0.25, 0.3) is 0 Å². The van der Waals surface area contributed by atoms with Crippen LogP contribution >= 0.6 is 0 Å². The van der Waals surface area contributed by atoms with E-state index in [1.54, 1.807) is 7.11 Å². The lowest BCUT2D eigenvalue weighted by Crippen LogP contribution is -2.51. The molecule has 2 heterocycles. The van der Waals surface area contributed by atoms with Crippen LogP contribution in [0.4, 0.5) is 5.69 Å². The summed E-state index contributed by atoms with van der Waals surface area (Å²) >= 11 is 0. The lowest BCUT2D eigenvalue weighted by Gasteiger charge is -2.39. The summed E-state index contributed by atoms with van der Waals surface area (Å²) in [4.78, 5) is 2.39. The van der Waals surface area contributed by atoms with Gasteiger partial charge < -0.3 is 20.1 Å². The molecule has 4 nitrogen and oxygen atoms in total. The first-order valence-electron chi connectivity index (χ1n) is 9.10. The zero-order valence-electron chi connectivity index (χ0n) is 15.7. The van der Waals surface area contributed by atoms with Crippen molar-refractivity contribution in [1.82, 2.24) is 0 Å². The monoisotopic (exact) mass is 350 g/mol. The summed E-state index contributed by atoms with van der Waals surface area (Å²) in [6.07, 6.45) is 4.36. The molecule has 2 aliphatic rings. The SMILES string of the molecule is COc1ccc(/C=C/C23OCCN2c2ccc(CN)cc2C3(C)C)cc1. The van der Waals surface area contributed by atoms with Gasteiger partial charge in [0.2, 0.25) is 0 Å². The lowest BCUT2D eigenvalue weighted by atomic mass is 9.77. The van der Waals surface area contributed by atoms with Gasteiger partial charge in [0.15, 0.2) is 5.72 Å². The highest BCUT2D eigenvalue weighted by molar-refractivity contribution is 5.70. The van der Waals surface area contributed by atoms with E-state index in [4.69, 9.17) is 15.2 Å². The second kappa shape index (κ2) is 6.15. The Balaban J connectivity index is 1.75. The summed E-state index contributed by atoms with van der Waals surface area (Å²) in [6, 6.07) is 14.6. The van der Waals surface area contributed by atoms with Crippen LogP contribution < -0.4 is 15.4 Å². The number of hydrogen-bond donors (Lipinski definition) is 1. The average Bonchev–Trinajstić information content (AvgIpc) is 3.17. The molecule has 4 rings (SSSR count). The Morgan fingerprint density at radius 1 is 1.19 bits per heavy atom. The molecule has 1 atom stereocenters. The van der Waals surface area contributed by atoms with E-state index in [1.165, 1.54) is 11.3 Å². The normalized spacial score (nSPS) is 23.3. The first-order chi connectivity index (χ1) is 12.5. The number of nitrogens with two attached hydrogens (primary N) is 1. The first-order valence-corrected chi connectivity index (χ1v) is 9.10. The van der Waals surface area contributed by atoms with Crippen molar-refractivity contribution in [3.05, 3.63) is 65.2 Å². The maximum Gasteiger partial charge on any atom is 0.170 e. The zero-order chi connectivity index (χ0) is 18.4. The molecule has 2 aliphatic heterocycles. The molecule has 0 aliphatic carbocycles. The minimum Gasteiger partial charge on any atom is -0.497 e. The minimum atomic E-state index is -0.470.